The van der Waals surface area contributed by atoms with Crippen molar-refractivity contribution in [3.05, 3.63) is 65.2 Å². The third kappa shape index (κ3) is 5.16. The van der Waals surface area contributed by atoms with Crippen LogP contribution in [-0.4, -0.2) is 37.0 Å². The van der Waals surface area contributed by atoms with Gasteiger partial charge in [-0.1, -0.05) is 26.0 Å². The Morgan fingerprint density at radius 1 is 0.920 bits per heavy atom. The SMILES string of the molecule is CCN(CC)Cc1ccc(C(=O)Nc2ccc(C(=O)OC)cc2)cc1. The molecule has 5 heteroatoms. The zero-order valence-electron chi connectivity index (χ0n) is 14.9. The minimum absolute atomic E-state index is 0.180. The third-order valence-electron chi connectivity index (χ3n) is 4.08. The number of methoxy groups -OCH3 is 1. The molecular weight excluding hydrogens is 316 g/mol. The lowest BCUT2D eigenvalue weighted by Gasteiger charge is -2.18. The van der Waals surface area contributed by atoms with Crippen molar-refractivity contribution in [2.24, 2.45) is 0 Å². The van der Waals surface area contributed by atoms with Gasteiger partial charge in [0.15, 0.2) is 0 Å². The number of hydrogen-bond donors (Lipinski definition) is 1. The van der Waals surface area contributed by atoms with Crippen molar-refractivity contribution < 1.29 is 14.3 Å². The minimum Gasteiger partial charge on any atom is -0.465 e. The zero-order chi connectivity index (χ0) is 18.2. The number of rotatable bonds is 7. The summed E-state index contributed by atoms with van der Waals surface area (Å²) in [6, 6.07) is 14.2. The standard InChI is InChI=1S/C20H24N2O3/c1-4-22(5-2)14-15-6-8-16(9-7-15)19(23)21-18-12-10-17(11-13-18)20(24)25-3/h6-13H,4-5,14H2,1-3H3,(H,21,23). The van der Waals surface area contributed by atoms with E-state index in [9.17, 15) is 9.59 Å². The van der Waals surface area contributed by atoms with Gasteiger partial charge in [0.05, 0.1) is 12.7 Å². The number of anilines is 1. The lowest BCUT2D eigenvalue weighted by molar-refractivity contribution is 0.0600. The normalized spacial score (nSPS) is 10.6. The van der Waals surface area contributed by atoms with Gasteiger partial charge < -0.3 is 10.1 Å². The van der Waals surface area contributed by atoms with E-state index in [-0.39, 0.29) is 5.91 Å². The lowest BCUT2D eigenvalue weighted by atomic mass is 10.1. The Hall–Kier alpha value is -2.66. The lowest BCUT2D eigenvalue weighted by Crippen LogP contribution is -2.22. The molecule has 1 N–H and O–H groups in total. The molecule has 2 aromatic carbocycles. The van der Waals surface area contributed by atoms with Crippen molar-refractivity contribution in [3.8, 4) is 0 Å². The van der Waals surface area contributed by atoms with E-state index in [0.717, 1.165) is 19.6 Å². The molecule has 0 atom stereocenters. The topological polar surface area (TPSA) is 58.6 Å². The first-order valence-corrected chi connectivity index (χ1v) is 8.38. The summed E-state index contributed by atoms with van der Waals surface area (Å²) in [5.74, 6) is -0.582. The van der Waals surface area contributed by atoms with Crippen molar-refractivity contribution in [3.63, 3.8) is 0 Å². The quantitative estimate of drug-likeness (QED) is 0.783. The van der Waals surface area contributed by atoms with Crippen LogP contribution in [0.1, 0.15) is 40.1 Å². The Balaban J connectivity index is 1.99. The molecule has 0 saturated heterocycles. The summed E-state index contributed by atoms with van der Waals surface area (Å²) in [7, 11) is 1.34. The average molecular weight is 340 g/mol. The van der Waals surface area contributed by atoms with Gasteiger partial charge >= 0.3 is 5.97 Å². The van der Waals surface area contributed by atoms with Crippen LogP contribution in [0.15, 0.2) is 48.5 Å². The molecule has 0 radical (unpaired) electrons. The molecule has 0 saturated carbocycles. The van der Waals surface area contributed by atoms with Crippen molar-refractivity contribution in [2.45, 2.75) is 20.4 Å². The fourth-order valence-corrected chi connectivity index (χ4v) is 2.48. The summed E-state index contributed by atoms with van der Waals surface area (Å²) in [5, 5.41) is 2.82. The second-order valence-electron chi connectivity index (χ2n) is 5.68. The van der Waals surface area contributed by atoms with Gasteiger partial charge in [0, 0.05) is 17.8 Å². The Morgan fingerprint density at radius 3 is 2.00 bits per heavy atom. The van der Waals surface area contributed by atoms with Gasteiger partial charge in [0.25, 0.3) is 5.91 Å². The van der Waals surface area contributed by atoms with E-state index >= 15 is 0 Å². The van der Waals surface area contributed by atoms with Crippen LogP contribution < -0.4 is 5.32 Å². The van der Waals surface area contributed by atoms with Crippen LogP contribution in [0, 0.1) is 0 Å². The zero-order valence-corrected chi connectivity index (χ0v) is 14.9. The van der Waals surface area contributed by atoms with Crippen LogP contribution in [0.25, 0.3) is 0 Å². The summed E-state index contributed by atoms with van der Waals surface area (Å²) < 4.78 is 4.65. The molecule has 0 bridgehead atoms. The van der Waals surface area contributed by atoms with Crippen LogP contribution in [0.2, 0.25) is 0 Å². The summed E-state index contributed by atoms with van der Waals surface area (Å²) in [5.41, 5.74) is 2.86. The molecule has 25 heavy (non-hydrogen) atoms. The Kier molecular flexibility index (Phi) is 6.71. The van der Waals surface area contributed by atoms with Crippen LogP contribution in [0.3, 0.4) is 0 Å². The number of benzene rings is 2. The largest absolute Gasteiger partial charge is 0.465 e. The number of nitrogens with one attached hydrogen (secondary N) is 1. The van der Waals surface area contributed by atoms with E-state index < -0.39 is 5.97 Å². The van der Waals surface area contributed by atoms with E-state index in [1.165, 1.54) is 12.7 Å². The molecular formula is C20H24N2O3. The van der Waals surface area contributed by atoms with Crippen LogP contribution in [-0.2, 0) is 11.3 Å². The molecule has 2 aromatic rings. The average Bonchev–Trinajstić information content (AvgIpc) is 2.66. The van der Waals surface area contributed by atoms with Gasteiger partial charge in [-0.05, 0) is 55.1 Å². The fourth-order valence-electron chi connectivity index (χ4n) is 2.48. The molecule has 0 aromatic heterocycles. The van der Waals surface area contributed by atoms with Gasteiger partial charge in [0.1, 0.15) is 0 Å². The maximum Gasteiger partial charge on any atom is 0.337 e. The van der Waals surface area contributed by atoms with Crippen LogP contribution >= 0.6 is 0 Å². The summed E-state index contributed by atoms with van der Waals surface area (Å²) in [4.78, 5) is 26.0. The maximum atomic E-state index is 12.3. The first-order valence-electron chi connectivity index (χ1n) is 8.38. The first kappa shape index (κ1) is 18.7. The molecule has 0 aliphatic rings. The number of esters is 1. The molecule has 0 fully saturated rings. The molecule has 1 amide bonds. The summed E-state index contributed by atoms with van der Waals surface area (Å²) >= 11 is 0. The maximum absolute atomic E-state index is 12.3. The highest BCUT2D eigenvalue weighted by Gasteiger charge is 2.09. The second kappa shape index (κ2) is 8.99. The molecule has 0 aliphatic heterocycles. The molecule has 0 aliphatic carbocycles. The molecule has 0 heterocycles. The highest BCUT2D eigenvalue weighted by atomic mass is 16.5. The predicted octanol–water partition coefficient (Wildman–Crippen LogP) is 3.57. The van der Waals surface area contributed by atoms with Crippen molar-refractivity contribution in [1.29, 1.82) is 0 Å². The van der Waals surface area contributed by atoms with Crippen LogP contribution in [0.4, 0.5) is 5.69 Å². The number of carbonyl (C=O) groups is 2. The predicted molar refractivity (Wildman–Crippen MR) is 98.8 cm³/mol. The van der Waals surface area contributed by atoms with Crippen molar-refractivity contribution in [2.75, 3.05) is 25.5 Å². The van der Waals surface area contributed by atoms with E-state index in [0.29, 0.717) is 16.8 Å². The monoisotopic (exact) mass is 340 g/mol. The Morgan fingerprint density at radius 2 is 1.48 bits per heavy atom. The van der Waals surface area contributed by atoms with Gasteiger partial charge in [-0.25, -0.2) is 4.79 Å². The molecule has 5 nitrogen and oxygen atoms in total. The second-order valence-corrected chi connectivity index (χ2v) is 5.68. The Labute approximate surface area is 148 Å². The van der Waals surface area contributed by atoms with E-state index in [1.54, 1.807) is 24.3 Å². The number of ether oxygens (including phenoxy) is 1. The van der Waals surface area contributed by atoms with Gasteiger partial charge in [-0.3, -0.25) is 9.69 Å². The molecule has 0 unspecified atom stereocenters. The first-order chi connectivity index (χ1) is 12.1. The minimum atomic E-state index is -0.401. The number of amides is 1. The fraction of sp³-hybridized carbons (Fsp3) is 0.300. The smallest absolute Gasteiger partial charge is 0.337 e. The van der Waals surface area contributed by atoms with Gasteiger partial charge in [0.2, 0.25) is 0 Å². The van der Waals surface area contributed by atoms with Gasteiger partial charge in [-0.2, -0.15) is 0 Å². The number of nitrogens with zero attached hydrogens (tertiary/aromatic N) is 1. The van der Waals surface area contributed by atoms with Crippen molar-refractivity contribution in [1.82, 2.24) is 4.90 Å². The molecule has 0 spiro atoms. The number of carbonyl (C=O) groups excluding carboxylic acids is 2. The van der Waals surface area contributed by atoms with Crippen molar-refractivity contribution >= 4 is 17.6 Å². The third-order valence-corrected chi connectivity index (χ3v) is 4.08. The summed E-state index contributed by atoms with van der Waals surface area (Å²) in [6.45, 7) is 7.15. The summed E-state index contributed by atoms with van der Waals surface area (Å²) in [6.07, 6.45) is 0. The number of hydrogen-bond acceptors (Lipinski definition) is 4. The molecule has 2 rings (SSSR count). The van der Waals surface area contributed by atoms with Gasteiger partial charge in [-0.15, -0.1) is 0 Å². The van der Waals surface area contributed by atoms with Crippen LogP contribution in [0.5, 0.6) is 0 Å². The highest BCUT2D eigenvalue weighted by Crippen LogP contribution is 2.13. The molecule has 132 valence electrons. The van der Waals surface area contributed by atoms with E-state index in [1.807, 2.05) is 24.3 Å². The van der Waals surface area contributed by atoms with E-state index in [4.69, 9.17) is 0 Å². The highest BCUT2D eigenvalue weighted by molar-refractivity contribution is 6.04. The Bertz CT molecular complexity index is 705. The van der Waals surface area contributed by atoms with E-state index in [2.05, 4.69) is 28.8 Å².